The molecular weight excluding hydrogens is 232 g/mol. The number of hydrogen-bond donors (Lipinski definition) is 1. The third-order valence-corrected chi connectivity index (χ3v) is 4.00. The van der Waals surface area contributed by atoms with Gasteiger partial charge in [-0.05, 0) is 37.4 Å². The molecule has 1 nitrogen and oxygen atoms in total. The van der Waals surface area contributed by atoms with Gasteiger partial charge in [-0.1, -0.05) is 37.6 Å². The van der Waals surface area contributed by atoms with E-state index in [1.165, 1.54) is 0 Å². The summed E-state index contributed by atoms with van der Waals surface area (Å²) in [6.45, 7) is 4.37. The number of alkyl halides is 2. The third kappa shape index (κ3) is 2.05. The summed E-state index contributed by atoms with van der Waals surface area (Å²) < 4.78 is 29.0. The van der Waals surface area contributed by atoms with Crippen molar-refractivity contribution in [3.05, 3.63) is 35.4 Å². The lowest BCUT2D eigenvalue weighted by molar-refractivity contribution is -0.121. The smallest absolute Gasteiger partial charge is 0.270 e. The molecule has 3 heteroatoms. The van der Waals surface area contributed by atoms with Gasteiger partial charge in [-0.2, -0.15) is 0 Å². The van der Waals surface area contributed by atoms with Crippen LogP contribution in [0.25, 0.3) is 0 Å². The van der Waals surface area contributed by atoms with E-state index in [1.54, 1.807) is 0 Å². The highest BCUT2D eigenvalue weighted by atomic mass is 19.3. The minimum absolute atomic E-state index is 0.0195. The Balaban J connectivity index is 2.52. The molecule has 0 heterocycles. The van der Waals surface area contributed by atoms with Crippen LogP contribution in [0, 0.1) is 6.92 Å². The van der Waals surface area contributed by atoms with Gasteiger partial charge in [-0.3, -0.25) is 0 Å². The molecular formula is C15H21F2N. The van der Waals surface area contributed by atoms with E-state index >= 15 is 0 Å². The number of benzene rings is 1. The first-order chi connectivity index (χ1) is 8.53. The Bertz CT molecular complexity index is 413. The molecule has 18 heavy (non-hydrogen) atoms. The molecule has 1 aliphatic carbocycles. The van der Waals surface area contributed by atoms with Crippen molar-refractivity contribution in [3.8, 4) is 0 Å². The second kappa shape index (κ2) is 4.96. The highest BCUT2D eigenvalue weighted by Crippen LogP contribution is 2.48. The second-order valence-electron chi connectivity index (χ2n) is 5.16. The van der Waals surface area contributed by atoms with Crippen LogP contribution in [-0.4, -0.2) is 12.5 Å². The van der Waals surface area contributed by atoms with Gasteiger partial charge in [0.2, 0.25) is 0 Å². The predicted octanol–water partition coefficient (Wildman–Crippen LogP) is 4.01. The maximum atomic E-state index is 14.5. The zero-order chi connectivity index (χ0) is 13.2. The van der Waals surface area contributed by atoms with E-state index in [0.29, 0.717) is 19.4 Å². The van der Waals surface area contributed by atoms with Gasteiger partial charge in [0, 0.05) is 6.42 Å². The molecule has 1 aliphatic rings. The topological polar surface area (TPSA) is 12.0 Å². The molecule has 2 rings (SSSR count). The van der Waals surface area contributed by atoms with Crippen molar-refractivity contribution < 1.29 is 8.78 Å². The standard InChI is InChI=1S/C15H21F2N/c1-3-18-14(10-6-7-11-15(14,16)17)13-9-5-4-8-12(13)2/h4-5,8-9,18H,3,6-7,10-11H2,1-2H3/t14-/m0/s1. The van der Waals surface area contributed by atoms with Crippen molar-refractivity contribution in [1.29, 1.82) is 0 Å². The van der Waals surface area contributed by atoms with Crippen LogP contribution >= 0.6 is 0 Å². The molecule has 0 amide bonds. The minimum atomic E-state index is -2.67. The van der Waals surface area contributed by atoms with Crippen LogP contribution in [0.3, 0.4) is 0 Å². The minimum Gasteiger partial charge on any atom is -0.303 e. The lowest BCUT2D eigenvalue weighted by atomic mass is 9.72. The van der Waals surface area contributed by atoms with Gasteiger partial charge in [-0.25, -0.2) is 8.78 Å². The summed E-state index contributed by atoms with van der Waals surface area (Å²) in [5.74, 6) is -2.67. The van der Waals surface area contributed by atoms with Gasteiger partial charge in [0.1, 0.15) is 5.54 Å². The molecule has 1 atom stereocenters. The van der Waals surface area contributed by atoms with E-state index in [2.05, 4.69) is 5.32 Å². The fraction of sp³-hybridized carbons (Fsp3) is 0.600. The van der Waals surface area contributed by atoms with Gasteiger partial charge in [0.25, 0.3) is 5.92 Å². The molecule has 1 aromatic rings. The fourth-order valence-electron chi connectivity index (χ4n) is 3.13. The maximum absolute atomic E-state index is 14.5. The number of hydrogen-bond acceptors (Lipinski definition) is 1. The molecule has 0 spiro atoms. The molecule has 0 saturated heterocycles. The average molecular weight is 253 g/mol. The van der Waals surface area contributed by atoms with Crippen molar-refractivity contribution in [3.63, 3.8) is 0 Å². The van der Waals surface area contributed by atoms with Gasteiger partial charge in [0.05, 0.1) is 0 Å². The maximum Gasteiger partial charge on any atom is 0.270 e. The molecule has 1 aromatic carbocycles. The van der Waals surface area contributed by atoms with Crippen molar-refractivity contribution >= 4 is 0 Å². The van der Waals surface area contributed by atoms with Gasteiger partial charge in [0.15, 0.2) is 0 Å². The molecule has 1 saturated carbocycles. The monoisotopic (exact) mass is 253 g/mol. The van der Waals surface area contributed by atoms with E-state index < -0.39 is 11.5 Å². The molecule has 0 aliphatic heterocycles. The van der Waals surface area contributed by atoms with Crippen LogP contribution < -0.4 is 5.32 Å². The second-order valence-corrected chi connectivity index (χ2v) is 5.16. The lowest BCUT2D eigenvalue weighted by Crippen LogP contribution is -2.57. The lowest BCUT2D eigenvalue weighted by Gasteiger charge is -2.45. The summed E-state index contributed by atoms with van der Waals surface area (Å²) >= 11 is 0. The molecule has 1 N–H and O–H groups in total. The Morgan fingerprint density at radius 1 is 1.17 bits per heavy atom. The van der Waals surface area contributed by atoms with Crippen molar-refractivity contribution in [1.82, 2.24) is 5.32 Å². The summed E-state index contributed by atoms with van der Waals surface area (Å²) in [6.07, 6.45) is 1.97. The van der Waals surface area contributed by atoms with Gasteiger partial charge < -0.3 is 5.32 Å². The van der Waals surface area contributed by atoms with E-state index in [1.807, 2.05) is 38.1 Å². The SMILES string of the molecule is CCN[C@]1(c2ccccc2C)CCCCC1(F)F. The van der Waals surface area contributed by atoms with E-state index in [4.69, 9.17) is 0 Å². The quantitative estimate of drug-likeness (QED) is 0.858. The Kier molecular flexibility index (Phi) is 3.71. The zero-order valence-corrected chi connectivity index (χ0v) is 11.1. The number of aryl methyl sites for hydroxylation is 1. The molecule has 1 fully saturated rings. The summed E-state index contributed by atoms with van der Waals surface area (Å²) in [4.78, 5) is 0. The molecule has 0 aromatic heterocycles. The van der Waals surface area contributed by atoms with Crippen LogP contribution in [0.2, 0.25) is 0 Å². The molecule has 0 unspecified atom stereocenters. The Morgan fingerprint density at radius 3 is 2.44 bits per heavy atom. The normalized spacial score (nSPS) is 27.1. The Morgan fingerprint density at radius 2 is 1.83 bits per heavy atom. The van der Waals surface area contributed by atoms with Crippen LogP contribution in [-0.2, 0) is 5.54 Å². The Labute approximate surface area is 108 Å². The fourth-order valence-corrected chi connectivity index (χ4v) is 3.13. The summed E-state index contributed by atoms with van der Waals surface area (Å²) in [5, 5.41) is 3.10. The number of nitrogens with one attached hydrogen (secondary N) is 1. The highest BCUT2D eigenvalue weighted by Gasteiger charge is 2.55. The first-order valence-corrected chi connectivity index (χ1v) is 6.72. The van der Waals surface area contributed by atoms with E-state index in [9.17, 15) is 8.78 Å². The zero-order valence-electron chi connectivity index (χ0n) is 11.1. The van der Waals surface area contributed by atoms with Crippen molar-refractivity contribution in [2.75, 3.05) is 6.54 Å². The molecule has 100 valence electrons. The molecule has 0 radical (unpaired) electrons. The van der Waals surface area contributed by atoms with Crippen LogP contribution in [0.15, 0.2) is 24.3 Å². The van der Waals surface area contributed by atoms with Crippen molar-refractivity contribution in [2.45, 2.75) is 51.0 Å². The van der Waals surface area contributed by atoms with Gasteiger partial charge >= 0.3 is 0 Å². The largest absolute Gasteiger partial charge is 0.303 e. The van der Waals surface area contributed by atoms with E-state index in [0.717, 1.165) is 17.5 Å². The molecule has 0 bridgehead atoms. The highest BCUT2D eigenvalue weighted by molar-refractivity contribution is 5.35. The van der Waals surface area contributed by atoms with Crippen LogP contribution in [0.5, 0.6) is 0 Å². The number of halogens is 2. The van der Waals surface area contributed by atoms with Gasteiger partial charge in [-0.15, -0.1) is 0 Å². The summed E-state index contributed by atoms with van der Waals surface area (Å²) in [5.41, 5.74) is 0.530. The Hall–Kier alpha value is -0.960. The predicted molar refractivity (Wildman–Crippen MR) is 69.9 cm³/mol. The third-order valence-electron chi connectivity index (χ3n) is 4.00. The van der Waals surface area contributed by atoms with E-state index in [-0.39, 0.29) is 6.42 Å². The number of rotatable bonds is 3. The summed E-state index contributed by atoms with van der Waals surface area (Å²) in [6, 6.07) is 7.52. The average Bonchev–Trinajstić information content (AvgIpc) is 2.33. The first-order valence-electron chi connectivity index (χ1n) is 6.72. The van der Waals surface area contributed by atoms with Crippen LogP contribution in [0.1, 0.15) is 43.7 Å². The van der Waals surface area contributed by atoms with Crippen molar-refractivity contribution in [2.24, 2.45) is 0 Å². The van der Waals surface area contributed by atoms with Crippen LogP contribution in [0.4, 0.5) is 8.78 Å². The first kappa shape index (κ1) is 13.5. The summed E-state index contributed by atoms with van der Waals surface area (Å²) in [7, 11) is 0.